The number of nitrogens with zero attached hydrogens (tertiary/aromatic N) is 4. The second kappa shape index (κ2) is 5.53. The van der Waals surface area contributed by atoms with Crippen LogP contribution in [0.1, 0.15) is 44.2 Å². The van der Waals surface area contributed by atoms with Gasteiger partial charge in [0.2, 0.25) is 5.89 Å². The smallest absolute Gasteiger partial charge is 0.280 e. The highest BCUT2D eigenvalue weighted by atomic mass is 35.7. The quantitative estimate of drug-likeness (QED) is 0.782. The van der Waals surface area contributed by atoms with Gasteiger partial charge in [-0.2, -0.15) is 4.98 Å². The van der Waals surface area contributed by atoms with Crippen molar-refractivity contribution in [2.24, 2.45) is 0 Å². The summed E-state index contributed by atoms with van der Waals surface area (Å²) in [6, 6.07) is 0. The predicted octanol–water partition coefficient (Wildman–Crippen LogP) is 1.93. The second-order valence-electron chi connectivity index (χ2n) is 4.62. The minimum Gasteiger partial charge on any atom is -0.337 e. The minimum absolute atomic E-state index is 0.0377. The largest absolute Gasteiger partial charge is 0.337 e. The first-order chi connectivity index (χ1) is 9.31. The van der Waals surface area contributed by atoms with Gasteiger partial charge < -0.3 is 9.09 Å². The van der Waals surface area contributed by atoms with Crippen LogP contribution in [0, 0.1) is 0 Å². The molecule has 20 heavy (non-hydrogen) atoms. The molecule has 0 aromatic carbocycles. The van der Waals surface area contributed by atoms with E-state index in [9.17, 15) is 8.42 Å². The highest BCUT2D eigenvalue weighted by Crippen LogP contribution is 2.20. The van der Waals surface area contributed by atoms with Gasteiger partial charge in [-0.1, -0.05) is 25.9 Å². The third kappa shape index (κ3) is 3.18. The molecule has 0 saturated heterocycles. The number of hydrogen-bond acceptors (Lipinski definition) is 6. The van der Waals surface area contributed by atoms with E-state index in [2.05, 4.69) is 15.1 Å². The molecule has 0 atom stereocenters. The Bertz CT molecular complexity index is 705. The molecule has 2 heterocycles. The molecule has 2 rings (SSSR count). The molecule has 7 nitrogen and oxygen atoms in total. The van der Waals surface area contributed by atoms with Crippen molar-refractivity contribution in [3.8, 4) is 0 Å². The van der Waals surface area contributed by atoms with E-state index in [0.717, 1.165) is 0 Å². The summed E-state index contributed by atoms with van der Waals surface area (Å²) in [4.78, 5) is 8.24. The lowest BCUT2D eigenvalue weighted by Crippen LogP contribution is -2.06. The van der Waals surface area contributed by atoms with Crippen molar-refractivity contribution in [3.05, 3.63) is 23.7 Å². The van der Waals surface area contributed by atoms with E-state index >= 15 is 0 Å². The summed E-state index contributed by atoms with van der Waals surface area (Å²) in [6.45, 7) is 6.01. The molecule has 0 fully saturated rings. The Hall–Kier alpha value is -1.41. The van der Waals surface area contributed by atoms with Gasteiger partial charge >= 0.3 is 0 Å². The Morgan fingerprint density at radius 2 is 2.10 bits per heavy atom. The normalized spacial score (nSPS) is 12.2. The maximum atomic E-state index is 11.4. The number of halogens is 1. The van der Waals surface area contributed by atoms with Crippen molar-refractivity contribution in [3.63, 3.8) is 0 Å². The molecule has 2 aromatic rings. The molecule has 110 valence electrons. The van der Waals surface area contributed by atoms with Crippen LogP contribution >= 0.6 is 10.7 Å². The van der Waals surface area contributed by atoms with Gasteiger partial charge in [0, 0.05) is 29.2 Å². The van der Waals surface area contributed by atoms with Gasteiger partial charge in [0.25, 0.3) is 9.05 Å². The fraction of sp³-hybridized carbons (Fsp3) is 0.545. The molecule has 0 spiro atoms. The van der Waals surface area contributed by atoms with Crippen molar-refractivity contribution >= 4 is 19.7 Å². The first-order valence-corrected chi connectivity index (χ1v) is 8.45. The zero-order valence-corrected chi connectivity index (χ0v) is 12.9. The highest BCUT2D eigenvalue weighted by molar-refractivity contribution is 8.13. The summed E-state index contributed by atoms with van der Waals surface area (Å²) >= 11 is 0. The van der Waals surface area contributed by atoms with E-state index in [0.29, 0.717) is 24.0 Å². The summed E-state index contributed by atoms with van der Waals surface area (Å²) in [6.07, 6.45) is 2.05. The molecule has 0 unspecified atom stereocenters. The third-order valence-electron chi connectivity index (χ3n) is 2.68. The van der Waals surface area contributed by atoms with Gasteiger partial charge in [-0.3, -0.25) is 0 Å². The third-order valence-corrected chi connectivity index (χ3v) is 3.85. The summed E-state index contributed by atoms with van der Waals surface area (Å²) in [5.41, 5.74) is 0. The fourth-order valence-electron chi connectivity index (χ4n) is 1.75. The lowest BCUT2D eigenvalue weighted by molar-refractivity contribution is 0.364. The van der Waals surface area contributed by atoms with E-state index in [-0.39, 0.29) is 17.5 Å². The van der Waals surface area contributed by atoms with E-state index in [1.807, 2.05) is 20.8 Å². The lowest BCUT2D eigenvalue weighted by atomic mass is 10.2. The Balaban J connectivity index is 2.37. The molecule has 0 saturated carbocycles. The molecule has 0 aliphatic heterocycles. The molecule has 9 heteroatoms. The van der Waals surface area contributed by atoms with Crippen LogP contribution in [0.25, 0.3) is 0 Å². The van der Waals surface area contributed by atoms with Crippen LogP contribution in [-0.4, -0.2) is 28.1 Å². The monoisotopic (exact) mass is 318 g/mol. The second-order valence-corrected chi connectivity index (χ2v) is 7.13. The van der Waals surface area contributed by atoms with Crippen LogP contribution in [0.2, 0.25) is 0 Å². The highest BCUT2D eigenvalue weighted by Gasteiger charge is 2.20. The zero-order valence-electron chi connectivity index (χ0n) is 11.4. The van der Waals surface area contributed by atoms with Gasteiger partial charge in [-0.05, 0) is 0 Å². The standard InChI is InChI=1S/C11H15ClN4O3S/c1-4-8-13-9(19-15-8)5-16-6-10(20(12,17)18)14-11(16)7(2)3/h6-7H,4-5H2,1-3H3. The average Bonchev–Trinajstić information content (AvgIpc) is 2.95. The average molecular weight is 319 g/mol. The molecule has 0 bridgehead atoms. The van der Waals surface area contributed by atoms with E-state index < -0.39 is 9.05 Å². The van der Waals surface area contributed by atoms with E-state index in [4.69, 9.17) is 15.2 Å². The number of imidazole rings is 1. The molecule has 0 aliphatic carbocycles. The van der Waals surface area contributed by atoms with Crippen LogP contribution in [0.3, 0.4) is 0 Å². The Labute approximate surface area is 121 Å². The lowest BCUT2D eigenvalue weighted by Gasteiger charge is -2.06. The molecular weight excluding hydrogens is 304 g/mol. The number of aromatic nitrogens is 4. The van der Waals surface area contributed by atoms with Crippen LogP contribution in [-0.2, 0) is 22.0 Å². The van der Waals surface area contributed by atoms with Crippen LogP contribution in [0.4, 0.5) is 0 Å². The SMILES string of the molecule is CCc1noc(Cn2cc(S(=O)(=O)Cl)nc2C(C)C)n1. The van der Waals surface area contributed by atoms with Crippen LogP contribution in [0.15, 0.2) is 15.7 Å². The minimum atomic E-state index is -3.86. The van der Waals surface area contributed by atoms with Gasteiger partial charge in [0.05, 0.1) is 0 Å². The molecule has 0 radical (unpaired) electrons. The Kier molecular flexibility index (Phi) is 4.14. The van der Waals surface area contributed by atoms with Gasteiger partial charge in [-0.15, -0.1) is 0 Å². The van der Waals surface area contributed by atoms with Crippen LogP contribution in [0.5, 0.6) is 0 Å². The van der Waals surface area contributed by atoms with E-state index in [1.165, 1.54) is 6.20 Å². The van der Waals surface area contributed by atoms with E-state index in [1.54, 1.807) is 4.57 Å². The Morgan fingerprint density at radius 1 is 1.40 bits per heavy atom. The predicted molar refractivity (Wildman–Crippen MR) is 72.1 cm³/mol. The molecule has 2 aromatic heterocycles. The van der Waals surface area contributed by atoms with Gasteiger partial charge in [0.1, 0.15) is 12.4 Å². The van der Waals surface area contributed by atoms with Crippen LogP contribution < -0.4 is 0 Å². The van der Waals surface area contributed by atoms with Gasteiger partial charge in [0.15, 0.2) is 10.9 Å². The molecule has 0 amide bonds. The zero-order chi connectivity index (χ0) is 14.9. The molecular formula is C11H15ClN4O3S. The number of rotatable bonds is 5. The number of aryl methyl sites for hydroxylation is 1. The number of hydrogen-bond donors (Lipinski definition) is 0. The summed E-state index contributed by atoms with van der Waals surface area (Å²) in [7, 11) is 1.47. The van der Waals surface area contributed by atoms with Gasteiger partial charge in [-0.25, -0.2) is 13.4 Å². The maximum absolute atomic E-state index is 11.4. The first-order valence-electron chi connectivity index (χ1n) is 6.14. The summed E-state index contributed by atoms with van der Waals surface area (Å²) in [5.74, 6) is 1.65. The van der Waals surface area contributed by atoms with Crippen molar-refractivity contribution in [2.75, 3.05) is 0 Å². The summed E-state index contributed by atoms with van der Waals surface area (Å²) in [5, 5.41) is 3.63. The topological polar surface area (TPSA) is 90.9 Å². The molecule has 0 N–H and O–H groups in total. The molecule has 0 aliphatic rings. The maximum Gasteiger partial charge on any atom is 0.280 e. The first kappa shape index (κ1) is 15.0. The van der Waals surface area contributed by atoms with Crippen molar-refractivity contribution in [1.82, 2.24) is 19.7 Å². The van der Waals surface area contributed by atoms with Crippen molar-refractivity contribution < 1.29 is 12.9 Å². The summed E-state index contributed by atoms with van der Waals surface area (Å²) < 4.78 is 29.5. The van der Waals surface area contributed by atoms with Crippen molar-refractivity contribution in [1.29, 1.82) is 0 Å². The Morgan fingerprint density at radius 3 is 2.60 bits per heavy atom. The van der Waals surface area contributed by atoms with Crippen molar-refractivity contribution in [2.45, 2.75) is 44.7 Å². The fourth-order valence-corrected chi connectivity index (χ4v) is 2.43.